The van der Waals surface area contributed by atoms with Crippen molar-refractivity contribution in [3.8, 4) is 11.1 Å². The van der Waals surface area contributed by atoms with Gasteiger partial charge in [-0.05, 0) is 41.2 Å². The van der Waals surface area contributed by atoms with E-state index >= 15 is 0 Å². The Kier molecular flexibility index (Phi) is 5.27. The Morgan fingerprint density at radius 1 is 0.870 bits per heavy atom. The average molecular weight is 360 g/mol. The highest BCUT2D eigenvalue weighted by Crippen LogP contribution is 2.28. The van der Waals surface area contributed by atoms with E-state index < -0.39 is 0 Å². The Bertz CT molecular complexity index is 899. The molecule has 0 saturated carbocycles. The summed E-state index contributed by atoms with van der Waals surface area (Å²) < 4.78 is 5.69. The minimum Gasteiger partial charge on any atom is -0.422 e. The Morgan fingerprint density at radius 3 is 2.22 bits per heavy atom. The highest BCUT2D eigenvalue weighted by Gasteiger charge is 2.12. The van der Waals surface area contributed by atoms with Crippen molar-refractivity contribution in [1.82, 2.24) is 0 Å². The van der Waals surface area contributed by atoms with Gasteiger partial charge in [-0.15, -0.1) is 27.7 Å². The van der Waals surface area contributed by atoms with E-state index in [9.17, 15) is 4.79 Å². The zero-order valence-electron chi connectivity index (χ0n) is 12.7. The number of benzene rings is 2. The molecule has 0 aliphatic rings. The van der Waals surface area contributed by atoms with Crippen molar-refractivity contribution in [1.29, 1.82) is 0 Å². The van der Waals surface area contributed by atoms with Crippen molar-refractivity contribution < 1.29 is 4.42 Å². The molecule has 0 saturated heterocycles. The van der Waals surface area contributed by atoms with Gasteiger partial charge in [0.2, 0.25) is 0 Å². The molecule has 3 atom stereocenters. The summed E-state index contributed by atoms with van der Waals surface area (Å²) >= 11 is 0. The first-order chi connectivity index (χ1) is 11.2. The lowest BCUT2D eigenvalue weighted by Crippen LogP contribution is -2.04. The molecule has 0 aliphatic carbocycles. The van der Waals surface area contributed by atoms with Crippen LogP contribution in [0.2, 0.25) is 0 Å². The molecule has 1 aromatic heterocycles. The van der Waals surface area contributed by atoms with E-state index in [2.05, 4.69) is 33.8 Å². The van der Waals surface area contributed by atoms with Crippen LogP contribution in [0.4, 0.5) is 0 Å². The lowest BCUT2D eigenvalue weighted by Gasteiger charge is -2.10. The van der Waals surface area contributed by atoms with Crippen LogP contribution in [0.1, 0.15) is 16.7 Å². The van der Waals surface area contributed by atoms with Gasteiger partial charge in [-0.25, -0.2) is 4.79 Å². The van der Waals surface area contributed by atoms with Crippen LogP contribution in [-0.4, -0.2) is 0 Å². The van der Waals surface area contributed by atoms with Gasteiger partial charge in [0.1, 0.15) is 5.58 Å². The Morgan fingerprint density at radius 2 is 1.61 bits per heavy atom. The van der Waals surface area contributed by atoms with E-state index in [1.807, 2.05) is 36.4 Å². The van der Waals surface area contributed by atoms with E-state index in [0.717, 1.165) is 35.0 Å². The van der Waals surface area contributed by atoms with Crippen molar-refractivity contribution in [2.45, 2.75) is 18.5 Å². The predicted molar refractivity (Wildman–Crippen MR) is 108 cm³/mol. The van der Waals surface area contributed by atoms with E-state index in [1.54, 1.807) is 0 Å². The molecule has 3 rings (SSSR count). The molecular weight excluding hydrogens is 341 g/mol. The smallest absolute Gasteiger partial charge is 0.344 e. The SMILES string of the molecule is O=c1oc2c(CP)c(CP)ccc2cc1-c1ccc(CP)cc1. The molecule has 0 aliphatic heterocycles. The van der Waals surface area contributed by atoms with Gasteiger partial charge in [0.25, 0.3) is 0 Å². The Hall–Kier alpha value is -1.06. The quantitative estimate of drug-likeness (QED) is 0.503. The van der Waals surface area contributed by atoms with Gasteiger partial charge in [-0.2, -0.15) is 0 Å². The van der Waals surface area contributed by atoms with Crippen LogP contribution in [0.25, 0.3) is 22.1 Å². The first kappa shape index (κ1) is 16.8. The van der Waals surface area contributed by atoms with Gasteiger partial charge >= 0.3 is 5.63 Å². The van der Waals surface area contributed by atoms with Crippen LogP contribution in [0.5, 0.6) is 0 Å². The Balaban J connectivity index is 2.20. The van der Waals surface area contributed by atoms with Crippen LogP contribution in [0, 0.1) is 0 Å². The van der Waals surface area contributed by atoms with Crippen molar-refractivity contribution >= 4 is 38.7 Å². The molecule has 1 heterocycles. The topological polar surface area (TPSA) is 30.2 Å². The maximum atomic E-state index is 12.5. The maximum absolute atomic E-state index is 12.5. The van der Waals surface area contributed by atoms with Gasteiger partial charge in [-0.1, -0.05) is 36.4 Å². The second kappa shape index (κ2) is 7.23. The van der Waals surface area contributed by atoms with Gasteiger partial charge in [0, 0.05) is 10.9 Å². The maximum Gasteiger partial charge on any atom is 0.344 e. The van der Waals surface area contributed by atoms with Crippen LogP contribution < -0.4 is 5.63 Å². The number of fused-ring (bicyclic) bond motifs is 1. The van der Waals surface area contributed by atoms with E-state index in [0.29, 0.717) is 11.1 Å². The molecule has 0 amide bonds. The highest BCUT2D eigenvalue weighted by molar-refractivity contribution is 7.16. The van der Waals surface area contributed by atoms with Gasteiger partial charge < -0.3 is 4.42 Å². The monoisotopic (exact) mass is 360 g/mol. The second-order valence-corrected chi connectivity index (χ2v) is 6.60. The summed E-state index contributed by atoms with van der Waals surface area (Å²) in [6, 6.07) is 14.1. The van der Waals surface area contributed by atoms with Crippen LogP contribution in [0.15, 0.2) is 51.7 Å². The molecule has 3 unspecified atom stereocenters. The van der Waals surface area contributed by atoms with Gasteiger partial charge in [0.15, 0.2) is 0 Å². The molecule has 0 fully saturated rings. The third-order valence-electron chi connectivity index (χ3n) is 4.03. The first-order valence-electron chi connectivity index (χ1n) is 7.46. The minimum atomic E-state index is -0.281. The summed E-state index contributed by atoms with van der Waals surface area (Å²) in [4.78, 5) is 12.5. The largest absolute Gasteiger partial charge is 0.422 e. The summed E-state index contributed by atoms with van der Waals surface area (Å²) in [6.45, 7) is 0. The molecule has 0 radical (unpaired) electrons. The number of rotatable bonds is 4. The molecule has 118 valence electrons. The molecule has 3 aromatic rings. The van der Waals surface area contributed by atoms with Crippen LogP contribution >= 0.6 is 27.7 Å². The van der Waals surface area contributed by atoms with Crippen molar-refractivity contribution in [2.24, 2.45) is 0 Å². The van der Waals surface area contributed by atoms with E-state index in [-0.39, 0.29) is 5.63 Å². The lowest BCUT2D eigenvalue weighted by molar-refractivity contribution is 0.560. The third-order valence-corrected chi connectivity index (χ3v) is 5.35. The molecular formula is C18H19O2P3. The second-order valence-electron chi connectivity index (χ2n) is 5.38. The van der Waals surface area contributed by atoms with Crippen LogP contribution in [-0.2, 0) is 18.5 Å². The molecule has 0 bridgehead atoms. The summed E-state index contributed by atoms with van der Waals surface area (Å²) in [5.74, 6) is 0. The zero-order chi connectivity index (χ0) is 16.4. The molecule has 2 aromatic carbocycles. The minimum absolute atomic E-state index is 0.281. The molecule has 2 nitrogen and oxygen atoms in total. The normalized spacial score (nSPS) is 11.1. The molecule has 5 heteroatoms. The number of hydrogen-bond acceptors (Lipinski definition) is 2. The standard InChI is InChI=1S/C18H19O2P3/c19-18-15(12-3-1-11(8-21)2-4-12)7-13-5-6-14(9-22)16(10-23)17(13)20-18/h1-7H,8-10,21-23H2. The fraction of sp³-hybridized carbons (Fsp3) is 0.167. The predicted octanol–water partition coefficient (Wildman–Crippen LogP) is 4.59. The molecule has 0 N–H and O–H groups in total. The highest BCUT2D eigenvalue weighted by atomic mass is 31.0. The van der Waals surface area contributed by atoms with Crippen molar-refractivity contribution in [3.63, 3.8) is 0 Å². The summed E-state index contributed by atoms with van der Waals surface area (Å²) in [7, 11) is 8.14. The zero-order valence-corrected chi connectivity index (χ0v) is 16.2. The summed E-state index contributed by atoms with van der Waals surface area (Å²) in [5, 5.41) is 0.967. The third kappa shape index (κ3) is 3.27. The molecule has 0 spiro atoms. The van der Waals surface area contributed by atoms with Crippen LogP contribution in [0.3, 0.4) is 0 Å². The van der Waals surface area contributed by atoms with E-state index in [1.165, 1.54) is 11.1 Å². The lowest BCUT2D eigenvalue weighted by atomic mass is 10.0. The fourth-order valence-electron chi connectivity index (χ4n) is 2.72. The summed E-state index contributed by atoms with van der Waals surface area (Å²) in [6.07, 6.45) is 2.52. The van der Waals surface area contributed by atoms with Crippen molar-refractivity contribution in [2.75, 3.05) is 0 Å². The molecule has 23 heavy (non-hydrogen) atoms. The Labute approximate surface area is 142 Å². The first-order valence-corrected chi connectivity index (χ1v) is 9.91. The van der Waals surface area contributed by atoms with Gasteiger partial charge in [0.05, 0.1) is 5.56 Å². The number of hydrogen-bond donors (Lipinski definition) is 0. The van der Waals surface area contributed by atoms with E-state index in [4.69, 9.17) is 4.42 Å². The fourth-order valence-corrected chi connectivity index (χ4v) is 3.82. The summed E-state index contributed by atoms with van der Waals surface area (Å²) in [5.41, 5.74) is 5.43. The average Bonchev–Trinajstić information content (AvgIpc) is 2.60. The van der Waals surface area contributed by atoms with Crippen molar-refractivity contribution in [3.05, 3.63) is 69.6 Å². The van der Waals surface area contributed by atoms with Gasteiger partial charge in [-0.3, -0.25) is 0 Å².